The van der Waals surface area contributed by atoms with Crippen molar-refractivity contribution in [2.75, 3.05) is 13.3 Å². The fourth-order valence-corrected chi connectivity index (χ4v) is 3.55. The first-order valence-electron chi connectivity index (χ1n) is 7.19. The van der Waals surface area contributed by atoms with Gasteiger partial charge in [0.1, 0.15) is 0 Å². The number of fused-ring (bicyclic) bond motifs is 2. The Morgan fingerprint density at radius 2 is 2.11 bits per heavy atom. The quantitative estimate of drug-likeness (QED) is 0.760. The molecule has 3 aliphatic rings. The summed E-state index contributed by atoms with van der Waals surface area (Å²) in [6.45, 7) is 2.59. The molecule has 2 heterocycles. The maximum Gasteiger partial charge on any atom is 0.231 e. The fourth-order valence-electron chi connectivity index (χ4n) is 3.55. The molecule has 0 N–H and O–H groups in total. The molecule has 0 amide bonds. The highest BCUT2D eigenvalue weighted by atomic mass is 16.7. The van der Waals surface area contributed by atoms with E-state index in [1.54, 1.807) is 0 Å². The largest absolute Gasteiger partial charge is 0.454 e. The van der Waals surface area contributed by atoms with Crippen molar-refractivity contribution in [1.29, 1.82) is 0 Å². The summed E-state index contributed by atoms with van der Waals surface area (Å²) >= 11 is 0. The van der Waals surface area contributed by atoms with Crippen LogP contribution >= 0.6 is 0 Å². The van der Waals surface area contributed by atoms with Crippen molar-refractivity contribution in [3.63, 3.8) is 0 Å². The van der Waals surface area contributed by atoms with Gasteiger partial charge in [0.05, 0.1) is 0 Å². The van der Waals surface area contributed by atoms with Gasteiger partial charge in [0, 0.05) is 12.6 Å². The van der Waals surface area contributed by atoms with E-state index in [2.05, 4.69) is 29.2 Å². The van der Waals surface area contributed by atoms with Crippen LogP contribution < -0.4 is 9.47 Å². The summed E-state index contributed by atoms with van der Waals surface area (Å²) in [4.78, 5) is 2.60. The van der Waals surface area contributed by atoms with Crippen molar-refractivity contribution in [2.45, 2.75) is 31.8 Å². The second kappa shape index (κ2) is 4.57. The Morgan fingerprint density at radius 1 is 1.16 bits per heavy atom. The lowest BCUT2D eigenvalue weighted by atomic mass is 9.90. The lowest BCUT2D eigenvalue weighted by Crippen LogP contribution is -2.31. The minimum Gasteiger partial charge on any atom is -0.454 e. The number of rotatable bonds is 2. The summed E-state index contributed by atoms with van der Waals surface area (Å²) in [5, 5.41) is 0. The summed E-state index contributed by atoms with van der Waals surface area (Å²) in [7, 11) is 0. The summed E-state index contributed by atoms with van der Waals surface area (Å²) in [5.41, 5.74) is 1.32. The van der Waals surface area contributed by atoms with Crippen LogP contribution in [0.15, 0.2) is 30.4 Å². The zero-order chi connectivity index (χ0) is 12.7. The average molecular weight is 257 g/mol. The average Bonchev–Trinajstić information content (AvgIpc) is 3.06. The molecule has 19 heavy (non-hydrogen) atoms. The summed E-state index contributed by atoms with van der Waals surface area (Å²) in [6, 6.07) is 6.97. The van der Waals surface area contributed by atoms with E-state index in [-0.39, 0.29) is 0 Å². The van der Waals surface area contributed by atoms with E-state index in [0.717, 1.165) is 24.0 Å². The van der Waals surface area contributed by atoms with Crippen molar-refractivity contribution in [3.8, 4) is 11.5 Å². The van der Waals surface area contributed by atoms with E-state index < -0.39 is 0 Å². The third kappa shape index (κ3) is 2.02. The molecule has 0 bridgehead atoms. The maximum absolute atomic E-state index is 5.46. The van der Waals surface area contributed by atoms with Crippen LogP contribution in [0.2, 0.25) is 0 Å². The van der Waals surface area contributed by atoms with Gasteiger partial charge in [-0.1, -0.05) is 18.2 Å². The minimum atomic E-state index is 0.357. The van der Waals surface area contributed by atoms with Crippen molar-refractivity contribution in [1.82, 2.24) is 4.90 Å². The molecule has 1 aliphatic carbocycles. The van der Waals surface area contributed by atoms with E-state index >= 15 is 0 Å². The molecule has 4 rings (SSSR count). The maximum atomic E-state index is 5.46. The summed E-state index contributed by atoms with van der Waals surface area (Å²) in [6.07, 6.45) is 8.73. The molecular weight excluding hydrogens is 238 g/mol. The van der Waals surface area contributed by atoms with Crippen molar-refractivity contribution in [3.05, 3.63) is 35.9 Å². The van der Waals surface area contributed by atoms with Crippen LogP contribution in [0, 0.1) is 5.92 Å². The first-order chi connectivity index (χ1) is 9.40. The number of hydrogen-bond donors (Lipinski definition) is 0. The second-order valence-corrected chi connectivity index (χ2v) is 5.70. The molecule has 1 aromatic carbocycles. The third-order valence-corrected chi connectivity index (χ3v) is 4.55. The number of likely N-dealkylation sites (tertiary alicyclic amines) is 1. The lowest BCUT2D eigenvalue weighted by Gasteiger charge is -2.28. The molecule has 0 unspecified atom stereocenters. The van der Waals surface area contributed by atoms with Crippen molar-refractivity contribution in [2.24, 2.45) is 5.92 Å². The predicted molar refractivity (Wildman–Crippen MR) is 73.2 cm³/mol. The van der Waals surface area contributed by atoms with E-state index in [9.17, 15) is 0 Å². The number of nitrogens with zero attached hydrogens (tertiary/aromatic N) is 1. The molecule has 1 fully saturated rings. The van der Waals surface area contributed by atoms with Gasteiger partial charge in [-0.2, -0.15) is 0 Å². The molecule has 0 spiro atoms. The van der Waals surface area contributed by atoms with Crippen LogP contribution in [-0.2, 0) is 6.54 Å². The zero-order valence-corrected chi connectivity index (χ0v) is 11.0. The van der Waals surface area contributed by atoms with Gasteiger partial charge in [-0.3, -0.25) is 4.90 Å². The smallest absolute Gasteiger partial charge is 0.231 e. The molecule has 2 aliphatic heterocycles. The van der Waals surface area contributed by atoms with Crippen LogP contribution in [0.4, 0.5) is 0 Å². The lowest BCUT2D eigenvalue weighted by molar-refractivity contribution is 0.174. The number of hydrogen-bond acceptors (Lipinski definition) is 3. The van der Waals surface area contributed by atoms with Crippen LogP contribution in [0.25, 0.3) is 0 Å². The molecule has 3 heteroatoms. The van der Waals surface area contributed by atoms with E-state index in [1.165, 1.54) is 31.4 Å². The van der Waals surface area contributed by atoms with E-state index in [4.69, 9.17) is 9.47 Å². The van der Waals surface area contributed by atoms with Crippen LogP contribution in [0.5, 0.6) is 11.5 Å². The summed E-state index contributed by atoms with van der Waals surface area (Å²) < 4.78 is 10.8. The Kier molecular flexibility index (Phi) is 2.73. The monoisotopic (exact) mass is 257 g/mol. The Labute approximate surface area is 113 Å². The van der Waals surface area contributed by atoms with Gasteiger partial charge < -0.3 is 9.47 Å². The van der Waals surface area contributed by atoms with E-state index in [0.29, 0.717) is 12.8 Å². The molecule has 3 nitrogen and oxygen atoms in total. The Hall–Kier alpha value is -1.48. The van der Waals surface area contributed by atoms with Gasteiger partial charge in [-0.15, -0.1) is 0 Å². The van der Waals surface area contributed by atoms with Crippen molar-refractivity contribution >= 4 is 0 Å². The van der Waals surface area contributed by atoms with Crippen LogP contribution in [0.1, 0.15) is 24.8 Å². The number of benzene rings is 1. The summed E-state index contributed by atoms with van der Waals surface area (Å²) in [5.74, 6) is 2.65. The Morgan fingerprint density at radius 3 is 3.11 bits per heavy atom. The SMILES string of the molecule is C1=C[C@@H]2[C@H](CC1)CCN2Cc1ccc2c(c1)OCO2. The highest BCUT2D eigenvalue weighted by molar-refractivity contribution is 5.44. The Balaban J connectivity index is 1.52. The van der Waals surface area contributed by atoms with Gasteiger partial charge in [-0.05, 0) is 49.4 Å². The van der Waals surface area contributed by atoms with Gasteiger partial charge in [0.25, 0.3) is 0 Å². The standard InChI is InChI=1S/C16H19NO2/c1-2-4-14-13(3-1)7-8-17(14)10-12-5-6-15-16(9-12)19-11-18-15/h2,4-6,9,13-14H,1,3,7-8,10-11H2/t13-,14-/m1/s1. The first kappa shape index (κ1) is 11.4. The molecule has 1 saturated heterocycles. The highest BCUT2D eigenvalue weighted by Gasteiger charge is 2.33. The van der Waals surface area contributed by atoms with Crippen LogP contribution in [0.3, 0.4) is 0 Å². The van der Waals surface area contributed by atoms with Crippen LogP contribution in [-0.4, -0.2) is 24.3 Å². The van der Waals surface area contributed by atoms with Gasteiger partial charge in [0.15, 0.2) is 11.5 Å². The number of allylic oxidation sites excluding steroid dienone is 1. The normalized spacial score (nSPS) is 28.6. The molecule has 100 valence electrons. The zero-order valence-electron chi connectivity index (χ0n) is 11.0. The van der Waals surface area contributed by atoms with Gasteiger partial charge in [0.2, 0.25) is 6.79 Å². The molecule has 2 atom stereocenters. The predicted octanol–water partition coefficient (Wildman–Crippen LogP) is 2.96. The molecule has 0 saturated carbocycles. The fraction of sp³-hybridized carbons (Fsp3) is 0.500. The topological polar surface area (TPSA) is 21.7 Å². The van der Waals surface area contributed by atoms with Gasteiger partial charge in [-0.25, -0.2) is 0 Å². The Bertz CT molecular complexity index is 511. The second-order valence-electron chi connectivity index (χ2n) is 5.70. The molecule has 0 aromatic heterocycles. The molecule has 0 radical (unpaired) electrons. The first-order valence-corrected chi connectivity index (χ1v) is 7.19. The van der Waals surface area contributed by atoms with Crippen molar-refractivity contribution < 1.29 is 9.47 Å². The van der Waals surface area contributed by atoms with E-state index in [1.807, 2.05) is 6.07 Å². The number of ether oxygens (including phenoxy) is 2. The van der Waals surface area contributed by atoms with Gasteiger partial charge >= 0.3 is 0 Å². The molecule has 1 aromatic rings. The molecular formula is C16H19NO2. The third-order valence-electron chi connectivity index (χ3n) is 4.55. The highest BCUT2D eigenvalue weighted by Crippen LogP contribution is 2.36. The minimum absolute atomic E-state index is 0.357.